The number of amides is 1. The van der Waals surface area contributed by atoms with Crippen LogP contribution in [0.5, 0.6) is 0 Å². The minimum atomic E-state index is -0.222. The maximum Gasteiger partial charge on any atom is 0.255 e. The highest BCUT2D eigenvalue weighted by atomic mass is 127. The van der Waals surface area contributed by atoms with Crippen LogP contribution >= 0.6 is 22.6 Å². The first-order chi connectivity index (χ1) is 9.11. The minimum absolute atomic E-state index is 0.0359. The minimum Gasteiger partial charge on any atom is -0.397 e. The number of nitrogens with one attached hydrogen (secondary N) is 1. The Kier molecular flexibility index (Phi) is 4.39. The first kappa shape index (κ1) is 13.8. The monoisotopic (exact) mass is 368 g/mol. The quantitative estimate of drug-likeness (QED) is 0.576. The predicted molar refractivity (Wildman–Crippen MR) is 83.9 cm³/mol. The van der Waals surface area contributed by atoms with Crippen LogP contribution in [0, 0.1) is 3.57 Å². The number of hydrogen-bond donors (Lipinski definition) is 3. The molecule has 0 aliphatic heterocycles. The lowest BCUT2D eigenvalue weighted by Gasteiger charge is -2.09. The van der Waals surface area contributed by atoms with E-state index in [0.717, 1.165) is 9.13 Å². The van der Waals surface area contributed by atoms with Crippen LogP contribution in [0.3, 0.4) is 0 Å². The van der Waals surface area contributed by atoms with Gasteiger partial charge in [-0.05, 0) is 52.4 Å². The highest BCUT2D eigenvalue weighted by molar-refractivity contribution is 14.1. The SMILES string of the molecule is Nc1ccccc1NC(=O)c1ccc(CO)c(I)c1. The van der Waals surface area contributed by atoms with Gasteiger partial charge >= 0.3 is 0 Å². The van der Waals surface area contributed by atoms with Crippen LogP contribution in [0.15, 0.2) is 42.5 Å². The number of halogens is 1. The largest absolute Gasteiger partial charge is 0.397 e. The van der Waals surface area contributed by atoms with E-state index >= 15 is 0 Å². The van der Waals surface area contributed by atoms with Crippen molar-refractivity contribution in [2.24, 2.45) is 0 Å². The number of para-hydroxylation sites is 2. The molecule has 0 bridgehead atoms. The molecule has 2 aromatic carbocycles. The Bertz CT molecular complexity index is 614. The molecular formula is C14H13IN2O2. The third-order valence-corrected chi connectivity index (χ3v) is 3.70. The molecule has 0 heterocycles. The maximum atomic E-state index is 12.1. The molecule has 0 aromatic heterocycles. The summed E-state index contributed by atoms with van der Waals surface area (Å²) in [6, 6.07) is 12.3. The van der Waals surface area contributed by atoms with Crippen LogP contribution in [0.25, 0.3) is 0 Å². The number of carbonyl (C=O) groups excluding carboxylic acids is 1. The fourth-order valence-corrected chi connectivity index (χ4v) is 2.31. The molecule has 0 atom stereocenters. The van der Waals surface area contributed by atoms with E-state index in [4.69, 9.17) is 10.8 Å². The molecule has 0 radical (unpaired) electrons. The fraction of sp³-hybridized carbons (Fsp3) is 0.0714. The van der Waals surface area contributed by atoms with E-state index in [1.54, 1.807) is 30.3 Å². The zero-order valence-corrected chi connectivity index (χ0v) is 12.2. The van der Waals surface area contributed by atoms with Crippen LogP contribution in [0.2, 0.25) is 0 Å². The molecule has 19 heavy (non-hydrogen) atoms. The van der Waals surface area contributed by atoms with Crippen LogP contribution in [-0.2, 0) is 6.61 Å². The van der Waals surface area contributed by atoms with Gasteiger partial charge in [-0.15, -0.1) is 0 Å². The summed E-state index contributed by atoms with van der Waals surface area (Å²) in [6.07, 6.45) is 0. The smallest absolute Gasteiger partial charge is 0.255 e. The van der Waals surface area contributed by atoms with Crippen molar-refractivity contribution in [2.75, 3.05) is 11.1 Å². The second kappa shape index (κ2) is 6.03. The average molecular weight is 368 g/mol. The Morgan fingerprint density at radius 1 is 1.26 bits per heavy atom. The number of aliphatic hydroxyl groups is 1. The van der Waals surface area contributed by atoms with Gasteiger partial charge < -0.3 is 16.2 Å². The summed E-state index contributed by atoms with van der Waals surface area (Å²) in [6.45, 7) is -0.0359. The molecule has 4 N–H and O–H groups in total. The first-order valence-electron chi connectivity index (χ1n) is 5.67. The summed E-state index contributed by atoms with van der Waals surface area (Å²) in [7, 11) is 0. The van der Waals surface area contributed by atoms with E-state index < -0.39 is 0 Å². The molecule has 0 saturated carbocycles. The number of hydrogen-bond acceptors (Lipinski definition) is 3. The summed E-state index contributed by atoms with van der Waals surface area (Å²) in [5.74, 6) is -0.222. The van der Waals surface area contributed by atoms with Gasteiger partial charge in [0.1, 0.15) is 0 Å². The molecule has 0 saturated heterocycles. The number of rotatable bonds is 3. The lowest BCUT2D eigenvalue weighted by molar-refractivity contribution is 0.102. The highest BCUT2D eigenvalue weighted by Crippen LogP contribution is 2.19. The number of anilines is 2. The summed E-state index contributed by atoms with van der Waals surface area (Å²) in [5.41, 5.74) is 8.22. The standard InChI is InChI=1S/C14H13IN2O2/c15-11-7-9(5-6-10(11)8-18)14(19)17-13-4-2-1-3-12(13)16/h1-7,18H,8,16H2,(H,17,19). The van der Waals surface area contributed by atoms with E-state index in [-0.39, 0.29) is 12.5 Å². The van der Waals surface area contributed by atoms with E-state index in [1.165, 1.54) is 0 Å². The molecule has 1 amide bonds. The number of benzene rings is 2. The van der Waals surface area contributed by atoms with E-state index in [0.29, 0.717) is 16.9 Å². The first-order valence-corrected chi connectivity index (χ1v) is 6.75. The molecule has 0 spiro atoms. The summed E-state index contributed by atoms with van der Waals surface area (Å²) in [5, 5.41) is 11.9. The summed E-state index contributed by atoms with van der Waals surface area (Å²) in [4.78, 5) is 12.1. The third kappa shape index (κ3) is 3.24. The van der Waals surface area contributed by atoms with Crippen molar-refractivity contribution in [3.63, 3.8) is 0 Å². The molecule has 0 aliphatic carbocycles. The lowest BCUT2D eigenvalue weighted by Crippen LogP contribution is -2.13. The molecular weight excluding hydrogens is 355 g/mol. The Labute approximate surface area is 124 Å². The van der Waals surface area contributed by atoms with Gasteiger partial charge in [-0.25, -0.2) is 0 Å². The van der Waals surface area contributed by atoms with Gasteiger partial charge in [0, 0.05) is 9.13 Å². The van der Waals surface area contributed by atoms with Crippen LogP contribution in [0.4, 0.5) is 11.4 Å². The average Bonchev–Trinajstić information content (AvgIpc) is 2.41. The van der Waals surface area contributed by atoms with Gasteiger partial charge in [-0.2, -0.15) is 0 Å². The van der Waals surface area contributed by atoms with Crippen molar-refractivity contribution in [3.05, 3.63) is 57.2 Å². The molecule has 4 nitrogen and oxygen atoms in total. The second-order valence-electron chi connectivity index (χ2n) is 4.01. The Morgan fingerprint density at radius 3 is 2.63 bits per heavy atom. The van der Waals surface area contributed by atoms with Gasteiger partial charge in [-0.3, -0.25) is 4.79 Å². The van der Waals surface area contributed by atoms with Crippen molar-refractivity contribution in [2.45, 2.75) is 6.61 Å². The fourth-order valence-electron chi connectivity index (χ4n) is 1.62. The number of nitrogens with two attached hydrogens (primary N) is 1. The second-order valence-corrected chi connectivity index (χ2v) is 5.17. The van der Waals surface area contributed by atoms with Crippen molar-refractivity contribution in [1.82, 2.24) is 0 Å². The van der Waals surface area contributed by atoms with Crippen LogP contribution < -0.4 is 11.1 Å². The molecule has 2 aromatic rings. The predicted octanol–water partition coefficient (Wildman–Crippen LogP) is 2.62. The number of aliphatic hydroxyl groups excluding tert-OH is 1. The maximum absolute atomic E-state index is 12.1. The zero-order valence-electron chi connectivity index (χ0n) is 10.1. The van der Waals surface area contributed by atoms with Crippen molar-refractivity contribution >= 4 is 39.9 Å². The van der Waals surface area contributed by atoms with E-state index in [2.05, 4.69) is 27.9 Å². The van der Waals surface area contributed by atoms with Gasteiger partial charge in [0.2, 0.25) is 0 Å². The Balaban J connectivity index is 2.21. The number of carbonyl (C=O) groups is 1. The molecule has 5 heteroatoms. The third-order valence-electron chi connectivity index (χ3n) is 2.69. The molecule has 98 valence electrons. The van der Waals surface area contributed by atoms with Crippen molar-refractivity contribution in [3.8, 4) is 0 Å². The molecule has 0 fully saturated rings. The van der Waals surface area contributed by atoms with E-state index in [9.17, 15) is 4.79 Å². The molecule has 2 rings (SSSR count). The van der Waals surface area contributed by atoms with Crippen LogP contribution in [-0.4, -0.2) is 11.0 Å². The summed E-state index contributed by atoms with van der Waals surface area (Å²) < 4.78 is 0.855. The molecule has 0 aliphatic rings. The van der Waals surface area contributed by atoms with Crippen molar-refractivity contribution < 1.29 is 9.90 Å². The van der Waals surface area contributed by atoms with Crippen LogP contribution in [0.1, 0.15) is 15.9 Å². The summed E-state index contributed by atoms with van der Waals surface area (Å²) >= 11 is 2.09. The van der Waals surface area contributed by atoms with Crippen molar-refractivity contribution in [1.29, 1.82) is 0 Å². The normalized spacial score (nSPS) is 10.2. The Hall–Kier alpha value is -1.60. The van der Waals surface area contributed by atoms with Gasteiger partial charge in [0.25, 0.3) is 5.91 Å². The zero-order chi connectivity index (χ0) is 13.8. The van der Waals surface area contributed by atoms with E-state index in [1.807, 2.05) is 12.1 Å². The van der Waals surface area contributed by atoms with Gasteiger partial charge in [0.05, 0.1) is 18.0 Å². The number of nitrogen functional groups attached to an aromatic ring is 1. The van der Waals surface area contributed by atoms with Gasteiger partial charge in [0.15, 0.2) is 0 Å². The highest BCUT2D eigenvalue weighted by Gasteiger charge is 2.09. The lowest BCUT2D eigenvalue weighted by atomic mass is 10.1. The topological polar surface area (TPSA) is 75.3 Å². The Morgan fingerprint density at radius 2 is 2.00 bits per heavy atom. The molecule has 0 unspecified atom stereocenters. The van der Waals surface area contributed by atoms with Gasteiger partial charge in [-0.1, -0.05) is 18.2 Å².